The maximum atomic E-state index is 10.7. The van der Waals surface area contributed by atoms with E-state index >= 15 is 0 Å². The van der Waals surface area contributed by atoms with E-state index in [9.17, 15) is 4.79 Å². The molecule has 0 aliphatic carbocycles. The smallest absolute Gasteiger partial charge is 0.178 e. The van der Waals surface area contributed by atoms with Crippen LogP contribution in [0.1, 0.15) is 14.7 Å². The number of nitrogens with zero attached hydrogens (tertiary/aromatic N) is 1. The third kappa shape index (κ3) is 1.57. The normalized spacial score (nSPS) is 10.9. The van der Waals surface area contributed by atoms with E-state index in [0.717, 1.165) is 33.3 Å². The number of carbonyl (C=O) groups is 1. The number of nitrogens with one attached hydrogen (secondary N) is 1. The van der Waals surface area contributed by atoms with Crippen molar-refractivity contribution in [1.29, 1.82) is 0 Å². The molecule has 0 amide bonds. The van der Waals surface area contributed by atoms with Gasteiger partial charge in [0.1, 0.15) is 0 Å². The Morgan fingerprint density at radius 3 is 2.94 bits per heavy atom. The van der Waals surface area contributed by atoms with Crippen LogP contribution in [0.4, 0.5) is 0 Å². The fourth-order valence-corrected chi connectivity index (χ4v) is 2.74. The molecule has 0 aliphatic rings. The zero-order chi connectivity index (χ0) is 11.8. The number of carbonyl (C=O) groups excluding carboxylic acids is 1. The van der Waals surface area contributed by atoms with E-state index < -0.39 is 0 Å². The highest BCUT2D eigenvalue weighted by Gasteiger charge is 2.12. The van der Waals surface area contributed by atoms with E-state index in [1.165, 1.54) is 11.3 Å². The van der Waals surface area contributed by atoms with Gasteiger partial charge in [-0.05, 0) is 13.0 Å². The average Bonchev–Trinajstić information content (AvgIpc) is 2.92. The van der Waals surface area contributed by atoms with E-state index in [-0.39, 0.29) is 0 Å². The molecule has 1 aromatic carbocycles. The Balaban J connectivity index is 2.26. The Kier molecular flexibility index (Phi) is 2.30. The number of hydrogen-bond acceptors (Lipinski definition) is 3. The zero-order valence-electron chi connectivity index (χ0n) is 9.23. The fourth-order valence-electron chi connectivity index (χ4n) is 1.98. The minimum Gasteiger partial charge on any atom is -0.360 e. The summed E-state index contributed by atoms with van der Waals surface area (Å²) in [6.07, 6.45) is 2.75. The molecule has 3 aromatic rings. The first-order valence-electron chi connectivity index (χ1n) is 5.28. The Morgan fingerprint density at radius 1 is 1.35 bits per heavy atom. The summed E-state index contributed by atoms with van der Waals surface area (Å²) in [5.41, 5.74) is 3.04. The van der Waals surface area contributed by atoms with Gasteiger partial charge in [0, 0.05) is 27.5 Å². The number of hydrogen-bond donors (Lipinski definition) is 1. The second-order valence-corrected chi connectivity index (χ2v) is 5.06. The molecule has 0 radical (unpaired) electrons. The van der Waals surface area contributed by atoms with Gasteiger partial charge in [-0.15, -0.1) is 11.3 Å². The maximum Gasteiger partial charge on any atom is 0.178 e. The van der Waals surface area contributed by atoms with Gasteiger partial charge in [0.05, 0.1) is 5.69 Å². The average molecular weight is 242 g/mol. The van der Waals surface area contributed by atoms with E-state index in [2.05, 4.69) is 16.0 Å². The van der Waals surface area contributed by atoms with E-state index in [1.807, 2.05) is 31.3 Å². The van der Waals surface area contributed by atoms with Gasteiger partial charge in [0.15, 0.2) is 11.3 Å². The van der Waals surface area contributed by atoms with Crippen LogP contribution in [0.3, 0.4) is 0 Å². The first-order chi connectivity index (χ1) is 8.29. The summed E-state index contributed by atoms with van der Waals surface area (Å²) in [4.78, 5) is 19.4. The first-order valence-corrected chi connectivity index (χ1v) is 6.10. The van der Waals surface area contributed by atoms with Gasteiger partial charge in [0.25, 0.3) is 0 Å². The SMILES string of the molecule is Cc1sc(C=O)nc1-c1c[nH]c2ccccc12. The molecule has 0 atom stereocenters. The lowest BCUT2D eigenvalue weighted by Crippen LogP contribution is -1.80. The Hall–Kier alpha value is -1.94. The minimum atomic E-state index is 0.530. The second-order valence-electron chi connectivity index (χ2n) is 3.82. The third-order valence-corrected chi connectivity index (χ3v) is 3.65. The van der Waals surface area contributed by atoms with Crippen LogP contribution in [0.5, 0.6) is 0 Å². The molecule has 0 unspecified atom stereocenters. The van der Waals surface area contributed by atoms with Crippen LogP contribution in [0.25, 0.3) is 22.2 Å². The molecule has 2 heterocycles. The number of aldehydes is 1. The standard InChI is InChI=1S/C13H10N2OS/c1-8-13(15-12(7-16)17-8)10-6-14-11-5-3-2-4-9(10)11/h2-7,14H,1H3. The first kappa shape index (κ1) is 10.2. The Bertz CT molecular complexity index is 696. The van der Waals surface area contributed by atoms with Crippen LogP contribution < -0.4 is 0 Å². The summed E-state index contributed by atoms with van der Waals surface area (Å²) >= 11 is 1.43. The van der Waals surface area contributed by atoms with Gasteiger partial charge in [0.2, 0.25) is 0 Å². The highest BCUT2D eigenvalue weighted by Crippen LogP contribution is 2.32. The molecule has 3 nitrogen and oxygen atoms in total. The van der Waals surface area contributed by atoms with Crippen molar-refractivity contribution >= 4 is 28.5 Å². The highest BCUT2D eigenvalue weighted by atomic mass is 32.1. The molecular formula is C13H10N2OS. The van der Waals surface area contributed by atoms with Crippen LogP contribution in [-0.2, 0) is 0 Å². The fraction of sp³-hybridized carbons (Fsp3) is 0.0769. The number of benzene rings is 1. The molecule has 0 fully saturated rings. The number of fused-ring (bicyclic) bond motifs is 1. The van der Waals surface area contributed by atoms with E-state index in [4.69, 9.17) is 0 Å². The van der Waals surface area contributed by atoms with Gasteiger partial charge in [-0.2, -0.15) is 0 Å². The van der Waals surface area contributed by atoms with Crippen LogP contribution in [0.2, 0.25) is 0 Å². The van der Waals surface area contributed by atoms with Crippen molar-refractivity contribution in [2.45, 2.75) is 6.92 Å². The van der Waals surface area contributed by atoms with Crippen molar-refractivity contribution in [3.8, 4) is 11.3 Å². The Labute approximate surface area is 102 Å². The molecule has 0 saturated carbocycles. The van der Waals surface area contributed by atoms with Crippen molar-refractivity contribution in [1.82, 2.24) is 9.97 Å². The molecule has 3 rings (SSSR count). The van der Waals surface area contributed by atoms with Crippen LogP contribution in [0.15, 0.2) is 30.5 Å². The predicted octanol–water partition coefficient (Wildman–Crippen LogP) is 3.41. The molecule has 84 valence electrons. The van der Waals surface area contributed by atoms with Gasteiger partial charge in [-0.3, -0.25) is 4.79 Å². The minimum absolute atomic E-state index is 0.530. The second kappa shape index (κ2) is 3.82. The number of para-hydroxylation sites is 1. The summed E-state index contributed by atoms with van der Waals surface area (Å²) in [5, 5.41) is 1.67. The summed E-state index contributed by atoms with van der Waals surface area (Å²) < 4.78 is 0. The maximum absolute atomic E-state index is 10.7. The summed E-state index contributed by atoms with van der Waals surface area (Å²) in [6, 6.07) is 8.08. The number of aromatic nitrogens is 2. The molecule has 4 heteroatoms. The molecule has 2 aromatic heterocycles. The van der Waals surface area contributed by atoms with E-state index in [1.54, 1.807) is 0 Å². The molecule has 0 aliphatic heterocycles. The molecule has 1 N–H and O–H groups in total. The molecule has 0 saturated heterocycles. The Morgan fingerprint density at radius 2 is 2.18 bits per heavy atom. The largest absolute Gasteiger partial charge is 0.360 e. The third-order valence-electron chi connectivity index (χ3n) is 2.76. The lowest BCUT2D eigenvalue weighted by molar-refractivity contribution is 0.112. The molecule has 0 bridgehead atoms. The molecular weight excluding hydrogens is 232 g/mol. The van der Waals surface area contributed by atoms with Crippen LogP contribution >= 0.6 is 11.3 Å². The monoisotopic (exact) mass is 242 g/mol. The molecule has 17 heavy (non-hydrogen) atoms. The van der Waals surface area contributed by atoms with Crippen LogP contribution in [-0.4, -0.2) is 16.3 Å². The van der Waals surface area contributed by atoms with Crippen molar-refractivity contribution in [2.24, 2.45) is 0 Å². The number of aryl methyl sites for hydroxylation is 1. The van der Waals surface area contributed by atoms with Gasteiger partial charge < -0.3 is 4.98 Å². The van der Waals surface area contributed by atoms with Crippen molar-refractivity contribution in [2.75, 3.05) is 0 Å². The lowest BCUT2D eigenvalue weighted by Gasteiger charge is -1.95. The number of rotatable bonds is 2. The molecule has 0 spiro atoms. The van der Waals surface area contributed by atoms with Gasteiger partial charge >= 0.3 is 0 Å². The zero-order valence-corrected chi connectivity index (χ0v) is 10.0. The van der Waals surface area contributed by atoms with Gasteiger partial charge in [-0.25, -0.2) is 4.98 Å². The highest BCUT2D eigenvalue weighted by molar-refractivity contribution is 7.13. The topological polar surface area (TPSA) is 45.8 Å². The lowest BCUT2D eigenvalue weighted by atomic mass is 10.1. The predicted molar refractivity (Wildman–Crippen MR) is 69.5 cm³/mol. The van der Waals surface area contributed by atoms with Crippen molar-refractivity contribution in [3.63, 3.8) is 0 Å². The summed E-state index contributed by atoms with van der Waals surface area (Å²) in [7, 11) is 0. The van der Waals surface area contributed by atoms with Crippen molar-refractivity contribution < 1.29 is 4.79 Å². The number of H-pyrrole nitrogens is 1. The number of thiazole rings is 1. The summed E-state index contributed by atoms with van der Waals surface area (Å²) in [6.45, 7) is 1.99. The van der Waals surface area contributed by atoms with Gasteiger partial charge in [-0.1, -0.05) is 18.2 Å². The van der Waals surface area contributed by atoms with Crippen LogP contribution in [0, 0.1) is 6.92 Å². The van der Waals surface area contributed by atoms with E-state index in [0.29, 0.717) is 5.01 Å². The number of aromatic amines is 1. The quantitative estimate of drug-likeness (QED) is 0.700. The van der Waals surface area contributed by atoms with Crippen molar-refractivity contribution in [3.05, 3.63) is 40.3 Å². The summed E-state index contributed by atoms with van der Waals surface area (Å²) in [5.74, 6) is 0.